The maximum absolute atomic E-state index is 12.1. The quantitative estimate of drug-likeness (QED) is 0.240. The summed E-state index contributed by atoms with van der Waals surface area (Å²) < 4.78 is 5.45. The predicted molar refractivity (Wildman–Crippen MR) is 129 cm³/mol. The molecule has 9 heteroatoms. The number of hydrogen-bond acceptors (Lipinski definition) is 5. The lowest BCUT2D eigenvalue weighted by Gasteiger charge is -2.35. The summed E-state index contributed by atoms with van der Waals surface area (Å²) in [5.41, 5.74) is -0.428. The van der Waals surface area contributed by atoms with Gasteiger partial charge in [-0.15, -0.1) is 24.0 Å². The van der Waals surface area contributed by atoms with Crippen molar-refractivity contribution in [2.75, 3.05) is 58.6 Å². The average molecular weight is 528 g/mol. The molecule has 28 heavy (non-hydrogen) atoms. The Hall–Kier alpha value is -0.420. The number of carbonyl (C=O) groups is 1. The van der Waals surface area contributed by atoms with E-state index in [2.05, 4.69) is 32.3 Å². The number of nitrogens with one attached hydrogen (secondary N) is 2. The first-order valence-corrected chi connectivity index (χ1v) is 11.2. The zero-order chi connectivity index (χ0) is 19.7. The van der Waals surface area contributed by atoms with Crippen LogP contribution in [0.2, 0.25) is 0 Å². The molecule has 1 atom stereocenters. The number of ether oxygens (including phenoxy) is 1. The zero-order valence-corrected chi connectivity index (χ0v) is 21.0. The van der Waals surface area contributed by atoms with E-state index in [9.17, 15) is 4.79 Å². The average Bonchev–Trinajstić information content (AvgIpc) is 3.13. The van der Waals surface area contributed by atoms with Gasteiger partial charge in [0.2, 0.25) is 0 Å². The Morgan fingerprint density at radius 2 is 1.93 bits per heavy atom. The van der Waals surface area contributed by atoms with E-state index in [1.54, 1.807) is 0 Å². The molecule has 2 aliphatic rings. The highest BCUT2D eigenvalue weighted by molar-refractivity contribution is 14.0. The lowest BCUT2D eigenvalue weighted by atomic mass is 10.2. The third-order valence-electron chi connectivity index (χ3n) is 4.71. The van der Waals surface area contributed by atoms with Crippen molar-refractivity contribution in [2.24, 2.45) is 4.99 Å². The van der Waals surface area contributed by atoms with Crippen LogP contribution in [0.5, 0.6) is 0 Å². The Bertz CT molecular complexity index is 487. The minimum atomic E-state index is -0.428. The van der Waals surface area contributed by atoms with E-state index in [1.165, 1.54) is 18.6 Å². The number of thioether (sulfide) groups is 1. The van der Waals surface area contributed by atoms with Gasteiger partial charge in [0.1, 0.15) is 5.60 Å². The van der Waals surface area contributed by atoms with E-state index < -0.39 is 5.60 Å². The standard InChI is InChI=1S/C19H37N5O2S.HI/c1-19(2,3)26-18(25)24-12-10-23(11-13-24)9-6-8-21-17(20-4)22-15-16-7-5-14-27-16;/h16H,5-15H2,1-4H3,(H2,20,21,22);1H. The molecule has 0 radical (unpaired) electrons. The van der Waals surface area contributed by atoms with Gasteiger partial charge in [-0.05, 0) is 52.3 Å². The van der Waals surface area contributed by atoms with E-state index >= 15 is 0 Å². The highest BCUT2D eigenvalue weighted by Gasteiger charge is 2.25. The fourth-order valence-electron chi connectivity index (χ4n) is 3.23. The first-order valence-electron chi connectivity index (χ1n) is 10.1. The molecule has 2 aliphatic heterocycles. The Labute approximate surface area is 191 Å². The van der Waals surface area contributed by atoms with Crippen LogP contribution >= 0.6 is 35.7 Å². The third kappa shape index (κ3) is 9.87. The van der Waals surface area contributed by atoms with Gasteiger partial charge in [0.25, 0.3) is 0 Å². The summed E-state index contributed by atoms with van der Waals surface area (Å²) in [6.07, 6.45) is 3.51. The summed E-state index contributed by atoms with van der Waals surface area (Å²) in [5.74, 6) is 2.19. The van der Waals surface area contributed by atoms with E-state index in [1.807, 2.05) is 32.7 Å². The Balaban J connectivity index is 0.00000392. The molecule has 2 fully saturated rings. The summed E-state index contributed by atoms with van der Waals surface area (Å²) in [6.45, 7) is 12.0. The van der Waals surface area contributed by atoms with Gasteiger partial charge in [0, 0.05) is 51.6 Å². The van der Waals surface area contributed by atoms with Crippen LogP contribution in [-0.4, -0.2) is 91.3 Å². The number of rotatable bonds is 6. The number of piperazine rings is 1. The highest BCUT2D eigenvalue weighted by Crippen LogP contribution is 2.25. The Morgan fingerprint density at radius 1 is 1.21 bits per heavy atom. The molecule has 0 bridgehead atoms. The molecule has 0 aromatic carbocycles. The molecule has 1 unspecified atom stereocenters. The molecule has 7 nitrogen and oxygen atoms in total. The molecule has 0 spiro atoms. The van der Waals surface area contributed by atoms with E-state index in [0.717, 1.165) is 63.4 Å². The Kier molecular flexibility index (Phi) is 11.9. The lowest BCUT2D eigenvalue weighted by molar-refractivity contribution is 0.0145. The second-order valence-electron chi connectivity index (χ2n) is 8.18. The number of aliphatic imine (C=N–C) groups is 1. The first kappa shape index (κ1) is 25.6. The van der Waals surface area contributed by atoms with Crippen LogP contribution in [0, 0.1) is 0 Å². The zero-order valence-electron chi connectivity index (χ0n) is 17.8. The summed E-state index contributed by atoms with van der Waals surface area (Å²) in [7, 11) is 1.83. The fraction of sp³-hybridized carbons (Fsp3) is 0.895. The molecule has 2 saturated heterocycles. The van der Waals surface area contributed by atoms with Crippen molar-refractivity contribution in [2.45, 2.75) is 50.9 Å². The van der Waals surface area contributed by atoms with Crippen LogP contribution < -0.4 is 10.6 Å². The molecule has 0 aromatic heterocycles. The SMILES string of the molecule is CN=C(NCCCN1CCN(C(=O)OC(C)(C)C)CC1)NCC1CCCS1.I. The number of hydrogen-bond donors (Lipinski definition) is 2. The van der Waals surface area contributed by atoms with Crippen LogP contribution in [0.15, 0.2) is 4.99 Å². The number of carbonyl (C=O) groups excluding carboxylic acids is 1. The maximum atomic E-state index is 12.1. The first-order chi connectivity index (χ1) is 12.9. The molecule has 2 rings (SSSR count). The van der Waals surface area contributed by atoms with E-state index in [4.69, 9.17) is 4.74 Å². The summed E-state index contributed by atoms with van der Waals surface area (Å²) in [6, 6.07) is 0. The second kappa shape index (κ2) is 13.0. The highest BCUT2D eigenvalue weighted by atomic mass is 127. The van der Waals surface area contributed by atoms with Crippen molar-refractivity contribution in [3.8, 4) is 0 Å². The largest absolute Gasteiger partial charge is 0.444 e. The van der Waals surface area contributed by atoms with Gasteiger partial charge in [-0.25, -0.2) is 4.79 Å². The molecular weight excluding hydrogens is 489 g/mol. The van der Waals surface area contributed by atoms with Crippen molar-refractivity contribution in [3.05, 3.63) is 0 Å². The van der Waals surface area contributed by atoms with Crippen LogP contribution in [0.1, 0.15) is 40.0 Å². The predicted octanol–water partition coefficient (Wildman–Crippen LogP) is 2.61. The monoisotopic (exact) mass is 527 g/mol. The lowest BCUT2D eigenvalue weighted by Crippen LogP contribution is -2.50. The van der Waals surface area contributed by atoms with Crippen LogP contribution in [0.25, 0.3) is 0 Å². The minimum absolute atomic E-state index is 0. The topological polar surface area (TPSA) is 69.2 Å². The summed E-state index contributed by atoms with van der Waals surface area (Å²) >= 11 is 2.06. The fourth-order valence-corrected chi connectivity index (χ4v) is 4.43. The van der Waals surface area contributed by atoms with Crippen molar-refractivity contribution in [1.29, 1.82) is 0 Å². The number of halogens is 1. The van der Waals surface area contributed by atoms with Crippen molar-refractivity contribution in [3.63, 3.8) is 0 Å². The molecule has 164 valence electrons. The third-order valence-corrected chi connectivity index (χ3v) is 6.11. The van der Waals surface area contributed by atoms with E-state index in [0.29, 0.717) is 0 Å². The van der Waals surface area contributed by atoms with Gasteiger partial charge in [0.15, 0.2) is 5.96 Å². The molecule has 0 saturated carbocycles. The summed E-state index contributed by atoms with van der Waals surface area (Å²) in [4.78, 5) is 20.6. The normalized spacial score (nSPS) is 21.2. The molecule has 2 heterocycles. The maximum Gasteiger partial charge on any atom is 0.410 e. The van der Waals surface area contributed by atoms with Crippen molar-refractivity contribution >= 4 is 47.8 Å². The van der Waals surface area contributed by atoms with Gasteiger partial charge in [-0.1, -0.05) is 0 Å². The van der Waals surface area contributed by atoms with Crippen LogP contribution in [-0.2, 0) is 4.74 Å². The number of nitrogens with zero attached hydrogens (tertiary/aromatic N) is 3. The van der Waals surface area contributed by atoms with Gasteiger partial charge in [0.05, 0.1) is 0 Å². The van der Waals surface area contributed by atoms with Crippen molar-refractivity contribution in [1.82, 2.24) is 20.4 Å². The molecule has 0 aliphatic carbocycles. The van der Waals surface area contributed by atoms with Gasteiger partial charge in [-0.2, -0.15) is 11.8 Å². The molecular formula is C19H38IN5O2S. The number of amides is 1. The Morgan fingerprint density at radius 3 is 2.50 bits per heavy atom. The molecule has 0 aromatic rings. The van der Waals surface area contributed by atoms with Crippen LogP contribution in [0.4, 0.5) is 4.79 Å². The second-order valence-corrected chi connectivity index (χ2v) is 9.59. The smallest absolute Gasteiger partial charge is 0.410 e. The molecule has 1 amide bonds. The molecule has 2 N–H and O–H groups in total. The van der Waals surface area contributed by atoms with Gasteiger partial charge in [-0.3, -0.25) is 9.89 Å². The van der Waals surface area contributed by atoms with Crippen molar-refractivity contribution < 1.29 is 9.53 Å². The van der Waals surface area contributed by atoms with Gasteiger partial charge < -0.3 is 20.3 Å². The summed E-state index contributed by atoms with van der Waals surface area (Å²) in [5, 5.41) is 7.56. The number of guanidine groups is 1. The van der Waals surface area contributed by atoms with Gasteiger partial charge >= 0.3 is 6.09 Å². The minimum Gasteiger partial charge on any atom is -0.444 e. The van der Waals surface area contributed by atoms with E-state index in [-0.39, 0.29) is 30.1 Å². The van der Waals surface area contributed by atoms with Crippen LogP contribution in [0.3, 0.4) is 0 Å².